The molecule has 0 atom stereocenters. The molecule has 25 heavy (non-hydrogen) atoms. The lowest BCUT2D eigenvalue weighted by Gasteiger charge is -2.09. The molecule has 0 aliphatic heterocycles. The third-order valence-electron chi connectivity index (χ3n) is 3.88. The van der Waals surface area contributed by atoms with Crippen molar-refractivity contribution in [1.29, 1.82) is 0 Å². The number of rotatable bonds is 6. The van der Waals surface area contributed by atoms with E-state index in [-0.39, 0.29) is 5.91 Å². The van der Waals surface area contributed by atoms with Crippen molar-refractivity contribution < 1.29 is 4.79 Å². The number of amides is 1. The van der Waals surface area contributed by atoms with Gasteiger partial charge in [-0.05, 0) is 25.5 Å². The van der Waals surface area contributed by atoms with Crippen molar-refractivity contribution in [3.8, 4) is 5.69 Å². The monoisotopic (exact) mass is 336 g/mol. The Bertz CT molecular complexity index is 859. The van der Waals surface area contributed by atoms with Gasteiger partial charge in [-0.25, -0.2) is 9.67 Å². The maximum absolute atomic E-state index is 12.4. The topological polar surface area (TPSA) is 84.7 Å². The smallest absolute Gasteiger partial charge is 0.254 e. The van der Waals surface area contributed by atoms with E-state index in [0.717, 1.165) is 16.9 Å². The van der Waals surface area contributed by atoms with E-state index in [1.165, 1.54) is 0 Å². The summed E-state index contributed by atoms with van der Waals surface area (Å²) in [5.74, 6) is 0.540. The van der Waals surface area contributed by atoms with E-state index in [1.807, 2.05) is 38.1 Å². The molecule has 128 valence electrons. The summed E-state index contributed by atoms with van der Waals surface area (Å²) in [5, 5.41) is 10.3. The van der Waals surface area contributed by atoms with Gasteiger partial charge in [0.2, 0.25) is 0 Å². The minimum atomic E-state index is -0.140. The summed E-state index contributed by atoms with van der Waals surface area (Å²) < 4.78 is 1.79. The number of para-hydroxylation sites is 1. The van der Waals surface area contributed by atoms with E-state index in [9.17, 15) is 4.79 Å². The fraction of sp³-hybridized carbons (Fsp3) is 0.222. The highest BCUT2D eigenvalue weighted by molar-refractivity contribution is 5.95. The van der Waals surface area contributed by atoms with Gasteiger partial charge in [-0.1, -0.05) is 18.2 Å². The number of carbonyl (C=O) groups is 1. The summed E-state index contributed by atoms with van der Waals surface area (Å²) >= 11 is 0. The molecule has 2 N–H and O–H groups in total. The molecule has 0 aliphatic rings. The largest absolute Gasteiger partial charge is 0.367 e. The molecule has 0 fully saturated rings. The molecule has 0 unspecified atom stereocenters. The molecular weight excluding hydrogens is 316 g/mol. The van der Waals surface area contributed by atoms with Gasteiger partial charge in [0.25, 0.3) is 5.91 Å². The lowest BCUT2D eigenvalue weighted by molar-refractivity contribution is 0.0954. The van der Waals surface area contributed by atoms with Crippen LogP contribution in [0.4, 0.5) is 5.82 Å². The highest BCUT2D eigenvalue weighted by atomic mass is 16.1. The molecular formula is C18H20N6O. The molecule has 7 heteroatoms. The number of hydrogen-bond donors (Lipinski definition) is 2. The highest BCUT2D eigenvalue weighted by Gasteiger charge is 2.15. The van der Waals surface area contributed by atoms with Gasteiger partial charge < -0.3 is 10.6 Å². The standard InChI is InChI=1S/C18H20N6O/c1-13-5-3-4-6-16(13)24-14(2)15(11-23-24)18(25)22-10-9-21-17-12-19-7-8-20-17/h3-8,11-12H,9-10H2,1-2H3,(H,20,21)(H,22,25). The van der Waals surface area contributed by atoms with E-state index in [2.05, 4.69) is 25.7 Å². The molecule has 3 aromatic rings. The van der Waals surface area contributed by atoms with Gasteiger partial charge in [0.05, 0.1) is 29.3 Å². The number of hydrogen-bond acceptors (Lipinski definition) is 5. The van der Waals surface area contributed by atoms with Crippen LogP contribution in [0.1, 0.15) is 21.6 Å². The number of benzene rings is 1. The fourth-order valence-corrected chi connectivity index (χ4v) is 2.53. The van der Waals surface area contributed by atoms with Crippen LogP contribution < -0.4 is 10.6 Å². The first-order chi connectivity index (χ1) is 12.2. The number of aryl methyl sites for hydroxylation is 1. The molecule has 0 saturated heterocycles. The number of nitrogens with zero attached hydrogens (tertiary/aromatic N) is 4. The van der Waals surface area contributed by atoms with Gasteiger partial charge >= 0.3 is 0 Å². The first kappa shape index (κ1) is 16.6. The van der Waals surface area contributed by atoms with Gasteiger partial charge in [-0.3, -0.25) is 9.78 Å². The van der Waals surface area contributed by atoms with Crippen LogP contribution in [-0.2, 0) is 0 Å². The van der Waals surface area contributed by atoms with Gasteiger partial charge in [-0.15, -0.1) is 0 Å². The van der Waals surface area contributed by atoms with Crippen molar-refractivity contribution in [3.63, 3.8) is 0 Å². The minimum Gasteiger partial charge on any atom is -0.367 e. The van der Waals surface area contributed by atoms with Crippen LogP contribution in [0.25, 0.3) is 5.69 Å². The zero-order valence-electron chi connectivity index (χ0n) is 14.2. The quantitative estimate of drug-likeness (QED) is 0.674. The molecule has 0 aliphatic carbocycles. The molecule has 2 heterocycles. The first-order valence-corrected chi connectivity index (χ1v) is 8.05. The van der Waals surface area contributed by atoms with Crippen LogP contribution in [-0.4, -0.2) is 38.7 Å². The van der Waals surface area contributed by atoms with Crippen LogP contribution >= 0.6 is 0 Å². The maximum Gasteiger partial charge on any atom is 0.254 e. The second-order valence-electron chi connectivity index (χ2n) is 5.62. The summed E-state index contributed by atoms with van der Waals surface area (Å²) in [4.78, 5) is 20.5. The summed E-state index contributed by atoms with van der Waals surface area (Å²) in [5.41, 5.74) is 3.47. The van der Waals surface area contributed by atoms with Crippen LogP contribution in [0.15, 0.2) is 49.1 Å². The normalized spacial score (nSPS) is 10.5. The zero-order chi connectivity index (χ0) is 17.6. The van der Waals surface area contributed by atoms with Crippen LogP contribution in [0.3, 0.4) is 0 Å². The third-order valence-corrected chi connectivity index (χ3v) is 3.88. The predicted octanol–water partition coefficient (Wildman–Crippen LogP) is 2.12. The lowest BCUT2D eigenvalue weighted by Crippen LogP contribution is -2.29. The molecule has 0 radical (unpaired) electrons. The Labute approximate surface area is 146 Å². The maximum atomic E-state index is 12.4. The Balaban J connectivity index is 1.61. The SMILES string of the molecule is Cc1ccccc1-n1ncc(C(=O)NCCNc2cnccn2)c1C. The van der Waals surface area contributed by atoms with Crippen molar-refractivity contribution in [2.24, 2.45) is 0 Å². The van der Waals surface area contributed by atoms with E-state index in [1.54, 1.807) is 29.5 Å². The molecule has 1 aromatic carbocycles. The van der Waals surface area contributed by atoms with Crippen LogP contribution in [0.5, 0.6) is 0 Å². The molecule has 0 saturated carbocycles. The summed E-state index contributed by atoms with van der Waals surface area (Å²) in [6.45, 7) is 4.96. The van der Waals surface area contributed by atoms with E-state index in [0.29, 0.717) is 24.5 Å². The molecule has 7 nitrogen and oxygen atoms in total. The zero-order valence-corrected chi connectivity index (χ0v) is 14.2. The second-order valence-corrected chi connectivity index (χ2v) is 5.62. The molecule has 1 amide bonds. The Hall–Kier alpha value is -3.22. The third kappa shape index (κ3) is 3.82. The Morgan fingerprint density at radius 3 is 2.72 bits per heavy atom. The van der Waals surface area contributed by atoms with Gasteiger partial charge in [-0.2, -0.15) is 5.10 Å². The second kappa shape index (κ2) is 7.57. The average molecular weight is 336 g/mol. The van der Waals surface area contributed by atoms with Crippen molar-refractivity contribution in [3.05, 3.63) is 65.9 Å². The Morgan fingerprint density at radius 2 is 1.96 bits per heavy atom. The predicted molar refractivity (Wildman–Crippen MR) is 95.9 cm³/mol. The fourth-order valence-electron chi connectivity index (χ4n) is 2.53. The summed E-state index contributed by atoms with van der Waals surface area (Å²) in [7, 11) is 0. The lowest BCUT2D eigenvalue weighted by atomic mass is 10.2. The molecule has 2 aromatic heterocycles. The molecule has 3 rings (SSSR count). The number of aromatic nitrogens is 4. The van der Waals surface area contributed by atoms with Crippen molar-refractivity contribution in [2.45, 2.75) is 13.8 Å². The Morgan fingerprint density at radius 1 is 1.12 bits per heavy atom. The number of carbonyl (C=O) groups excluding carboxylic acids is 1. The highest BCUT2D eigenvalue weighted by Crippen LogP contribution is 2.17. The van der Waals surface area contributed by atoms with Gasteiger partial charge in [0, 0.05) is 25.5 Å². The summed E-state index contributed by atoms with van der Waals surface area (Å²) in [6.07, 6.45) is 6.47. The van der Waals surface area contributed by atoms with Crippen molar-refractivity contribution in [1.82, 2.24) is 25.1 Å². The van der Waals surface area contributed by atoms with E-state index in [4.69, 9.17) is 0 Å². The van der Waals surface area contributed by atoms with E-state index >= 15 is 0 Å². The number of anilines is 1. The van der Waals surface area contributed by atoms with Gasteiger partial charge in [0.1, 0.15) is 5.82 Å². The Kier molecular flexibility index (Phi) is 5.03. The first-order valence-electron chi connectivity index (χ1n) is 8.05. The number of nitrogens with one attached hydrogen (secondary N) is 2. The van der Waals surface area contributed by atoms with Crippen molar-refractivity contribution in [2.75, 3.05) is 18.4 Å². The minimum absolute atomic E-state index is 0.140. The van der Waals surface area contributed by atoms with Crippen molar-refractivity contribution >= 4 is 11.7 Å². The van der Waals surface area contributed by atoms with Crippen LogP contribution in [0, 0.1) is 13.8 Å². The molecule has 0 spiro atoms. The van der Waals surface area contributed by atoms with Crippen LogP contribution in [0.2, 0.25) is 0 Å². The van der Waals surface area contributed by atoms with E-state index < -0.39 is 0 Å². The summed E-state index contributed by atoms with van der Waals surface area (Å²) in [6, 6.07) is 7.95. The van der Waals surface area contributed by atoms with Gasteiger partial charge in [0.15, 0.2) is 0 Å². The average Bonchev–Trinajstić information content (AvgIpc) is 3.01. The molecule has 0 bridgehead atoms.